The maximum atomic E-state index is 8.75. The number of unbranched alkanes of at least 4 members (excludes halogenated alkanes) is 1. The third-order valence-electron chi connectivity index (χ3n) is 3.76. The number of nitrogen functional groups attached to an aromatic ring is 1. The van der Waals surface area contributed by atoms with Gasteiger partial charge in [0.15, 0.2) is 0 Å². The van der Waals surface area contributed by atoms with Crippen molar-refractivity contribution >= 4 is 11.4 Å². The molecule has 0 atom stereocenters. The summed E-state index contributed by atoms with van der Waals surface area (Å²) >= 11 is 0. The third-order valence-corrected chi connectivity index (χ3v) is 3.76. The minimum absolute atomic E-state index is 0.0141. The molecule has 0 spiro atoms. The molecule has 1 aromatic carbocycles. The first-order chi connectivity index (χ1) is 13.2. The van der Waals surface area contributed by atoms with Gasteiger partial charge >= 0.3 is 0 Å². The Labute approximate surface area is 161 Å². The van der Waals surface area contributed by atoms with Gasteiger partial charge in [0.2, 0.25) is 0 Å². The summed E-state index contributed by atoms with van der Waals surface area (Å²) in [5.41, 5.74) is 8.52. The number of nitrogens with zero attached hydrogens (tertiary/aromatic N) is 1. The van der Waals surface area contributed by atoms with Gasteiger partial charge in [-0.15, -0.1) is 0 Å². The number of benzene rings is 1. The Bertz CT molecular complexity index is 471. The molecule has 1 aromatic rings. The van der Waals surface area contributed by atoms with Crippen LogP contribution in [0.2, 0.25) is 0 Å². The lowest BCUT2D eigenvalue weighted by molar-refractivity contribution is 0.0123. The lowest BCUT2D eigenvalue weighted by atomic mass is 10.2. The molecule has 0 heterocycles. The van der Waals surface area contributed by atoms with E-state index < -0.39 is 0 Å². The van der Waals surface area contributed by atoms with Crippen molar-refractivity contribution in [1.29, 1.82) is 0 Å². The lowest BCUT2D eigenvalue weighted by Crippen LogP contribution is -2.30. The van der Waals surface area contributed by atoms with Gasteiger partial charge < -0.3 is 30.2 Å². The summed E-state index contributed by atoms with van der Waals surface area (Å²) in [4.78, 5) is 5.85. The Kier molecular flexibility index (Phi) is 13.7. The molecular weight excluding hydrogens is 352 g/mol. The van der Waals surface area contributed by atoms with E-state index in [0.29, 0.717) is 52.8 Å². The normalized spacial score (nSPS) is 11.1. The molecule has 156 valence electrons. The van der Waals surface area contributed by atoms with Gasteiger partial charge in [-0.3, -0.25) is 9.90 Å². The zero-order chi connectivity index (χ0) is 19.7. The van der Waals surface area contributed by atoms with E-state index in [9.17, 15) is 0 Å². The Morgan fingerprint density at radius 1 is 0.852 bits per heavy atom. The molecule has 0 aromatic heterocycles. The average molecular weight is 386 g/mol. The van der Waals surface area contributed by atoms with Crippen molar-refractivity contribution in [3.8, 4) is 0 Å². The van der Waals surface area contributed by atoms with Crippen LogP contribution >= 0.6 is 0 Å². The quantitative estimate of drug-likeness (QED) is 0.208. The van der Waals surface area contributed by atoms with E-state index in [2.05, 4.69) is 0 Å². The molecule has 0 aliphatic rings. The fourth-order valence-corrected chi connectivity index (χ4v) is 2.24. The number of hydroxylamine groups is 1. The molecule has 8 nitrogen and oxygen atoms in total. The fourth-order valence-electron chi connectivity index (χ4n) is 2.24. The van der Waals surface area contributed by atoms with E-state index in [1.54, 1.807) is 5.06 Å². The van der Waals surface area contributed by atoms with Crippen molar-refractivity contribution in [2.45, 2.75) is 19.8 Å². The summed E-state index contributed by atoms with van der Waals surface area (Å²) in [6.07, 6.45) is 1.58. The summed E-state index contributed by atoms with van der Waals surface area (Å²) in [7, 11) is 0. The van der Waals surface area contributed by atoms with E-state index >= 15 is 0 Å². The van der Waals surface area contributed by atoms with Gasteiger partial charge in [0, 0.05) is 18.9 Å². The van der Waals surface area contributed by atoms with Gasteiger partial charge in [0.25, 0.3) is 0 Å². The summed E-state index contributed by atoms with van der Waals surface area (Å²) in [5.74, 6) is 0. The Morgan fingerprint density at radius 3 is 2.26 bits per heavy atom. The maximum Gasteiger partial charge on any atom is 0.0982 e. The summed E-state index contributed by atoms with van der Waals surface area (Å²) in [5, 5.41) is 19.2. The number of anilines is 2. The molecule has 0 fully saturated rings. The van der Waals surface area contributed by atoms with Gasteiger partial charge in [-0.25, -0.2) is 0 Å². The topological polar surface area (TPSA) is 107 Å². The van der Waals surface area contributed by atoms with Crippen LogP contribution in [0.3, 0.4) is 0 Å². The maximum absolute atomic E-state index is 8.75. The van der Waals surface area contributed by atoms with Crippen LogP contribution < -0.4 is 10.8 Å². The molecule has 0 aliphatic heterocycles. The number of nitrogens with two attached hydrogens (primary N) is 1. The highest BCUT2D eigenvalue weighted by atomic mass is 16.7. The minimum Gasteiger partial charge on any atom is -0.399 e. The first kappa shape index (κ1) is 23.6. The number of aliphatic hydroxyl groups is 2. The highest BCUT2D eigenvalue weighted by Crippen LogP contribution is 2.20. The zero-order valence-electron chi connectivity index (χ0n) is 16.3. The standard InChI is InChI=1S/C19H34N2O6/c1-17-16-18(4-5-19(17)20)21(6-10-25-12-13-26-11-8-23)27-15-14-24-9-3-2-7-22/h4-5,16,22-23H,2-3,6-15,20H2,1H3. The molecular formula is C19H34N2O6. The van der Waals surface area contributed by atoms with E-state index in [1.807, 2.05) is 25.1 Å². The number of ether oxygens (including phenoxy) is 3. The highest BCUT2D eigenvalue weighted by molar-refractivity contribution is 5.57. The predicted octanol–water partition coefficient (Wildman–Crippen LogP) is 1.13. The van der Waals surface area contributed by atoms with Crippen molar-refractivity contribution in [1.82, 2.24) is 0 Å². The zero-order valence-corrected chi connectivity index (χ0v) is 16.3. The predicted molar refractivity (Wildman–Crippen MR) is 105 cm³/mol. The van der Waals surface area contributed by atoms with Crippen LogP contribution in [0, 0.1) is 6.92 Å². The van der Waals surface area contributed by atoms with Gasteiger partial charge in [-0.05, 0) is 43.5 Å². The first-order valence-electron chi connectivity index (χ1n) is 9.40. The second-order valence-electron chi connectivity index (χ2n) is 5.97. The van der Waals surface area contributed by atoms with Crippen LogP contribution in [-0.4, -0.2) is 76.2 Å². The molecule has 0 radical (unpaired) electrons. The van der Waals surface area contributed by atoms with Crippen LogP contribution in [0.5, 0.6) is 0 Å². The number of aliphatic hydroxyl groups excluding tert-OH is 2. The third kappa shape index (κ3) is 11.1. The van der Waals surface area contributed by atoms with Crippen molar-refractivity contribution in [2.75, 3.05) is 76.8 Å². The second-order valence-corrected chi connectivity index (χ2v) is 5.97. The molecule has 27 heavy (non-hydrogen) atoms. The fraction of sp³-hybridized carbons (Fsp3) is 0.684. The van der Waals surface area contributed by atoms with Gasteiger partial charge in [-0.2, -0.15) is 0 Å². The van der Waals surface area contributed by atoms with Crippen LogP contribution in [0.25, 0.3) is 0 Å². The van der Waals surface area contributed by atoms with Crippen LogP contribution in [0.1, 0.15) is 18.4 Å². The molecule has 0 amide bonds. The van der Waals surface area contributed by atoms with Crippen molar-refractivity contribution in [3.05, 3.63) is 23.8 Å². The van der Waals surface area contributed by atoms with Crippen LogP contribution in [-0.2, 0) is 19.0 Å². The number of hydrogen-bond donors (Lipinski definition) is 3. The van der Waals surface area contributed by atoms with E-state index in [1.165, 1.54) is 0 Å². The van der Waals surface area contributed by atoms with Crippen LogP contribution in [0.4, 0.5) is 11.4 Å². The largest absolute Gasteiger partial charge is 0.399 e. The van der Waals surface area contributed by atoms with Gasteiger partial charge in [0.05, 0.1) is 58.5 Å². The average Bonchev–Trinajstić information content (AvgIpc) is 2.67. The van der Waals surface area contributed by atoms with Gasteiger partial charge in [0.1, 0.15) is 0 Å². The molecule has 0 unspecified atom stereocenters. The molecule has 0 bridgehead atoms. The number of hydrogen-bond acceptors (Lipinski definition) is 8. The Hall–Kier alpha value is -1.42. The van der Waals surface area contributed by atoms with Crippen molar-refractivity contribution in [2.24, 2.45) is 0 Å². The molecule has 0 aliphatic carbocycles. The van der Waals surface area contributed by atoms with Gasteiger partial charge in [-0.1, -0.05) is 0 Å². The monoisotopic (exact) mass is 386 g/mol. The lowest BCUT2D eigenvalue weighted by Gasteiger charge is -2.24. The second kappa shape index (κ2) is 15.6. The van der Waals surface area contributed by atoms with Crippen molar-refractivity contribution < 1.29 is 29.3 Å². The summed E-state index contributed by atoms with van der Waals surface area (Å²) in [6.45, 7) is 5.92. The smallest absolute Gasteiger partial charge is 0.0982 e. The Morgan fingerprint density at radius 2 is 1.56 bits per heavy atom. The highest BCUT2D eigenvalue weighted by Gasteiger charge is 2.09. The Balaban J connectivity index is 2.38. The van der Waals surface area contributed by atoms with E-state index in [0.717, 1.165) is 29.8 Å². The molecule has 0 saturated heterocycles. The van der Waals surface area contributed by atoms with E-state index in [4.69, 9.17) is 35.0 Å². The first-order valence-corrected chi connectivity index (χ1v) is 9.40. The number of aryl methyl sites for hydroxylation is 1. The molecule has 1 rings (SSSR count). The minimum atomic E-state index is 0.0141. The SMILES string of the molecule is Cc1cc(N(CCOCCOCCO)OCCOCCCCO)ccc1N. The number of rotatable bonds is 17. The van der Waals surface area contributed by atoms with Crippen LogP contribution in [0.15, 0.2) is 18.2 Å². The molecule has 4 N–H and O–H groups in total. The van der Waals surface area contributed by atoms with Crippen molar-refractivity contribution in [3.63, 3.8) is 0 Å². The summed E-state index contributed by atoms with van der Waals surface area (Å²) < 4.78 is 16.2. The molecule has 0 saturated carbocycles. The summed E-state index contributed by atoms with van der Waals surface area (Å²) in [6, 6.07) is 5.74. The van der Waals surface area contributed by atoms with E-state index in [-0.39, 0.29) is 13.2 Å². The molecule has 8 heteroatoms.